The first-order chi connectivity index (χ1) is 12.8. The van der Waals surface area contributed by atoms with Crippen LogP contribution in [0.4, 0.5) is 5.82 Å². The number of aromatic amines is 1. The van der Waals surface area contributed by atoms with Gasteiger partial charge in [0.15, 0.2) is 5.82 Å². The summed E-state index contributed by atoms with van der Waals surface area (Å²) < 4.78 is 0. The molecule has 0 amide bonds. The Labute approximate surface area is 162 Å². The standard InChI is InChI=1S/C20H21ClN4S/c1-2-13-11-15(21)7-6-14(13)12-17-18-19(16-5-3-4-8-22-16)24-25-20(18)23-9-10-26-17/h3-8,11,17H,2,9-10,12H2,1H3,(H2,23,24,25). The minimum Gasteiger partial charge on any atom is -0.367 e. The molecule has 0 saturated carbocycles. The number of thioether (sulfide) groups is 1. The molecular formula is C20H21ClN4S. The summed E-state index contributed by atoms with van der Waals surface area (Å²) in [5, 5.41) is 12.3. The maximum Gasteiger partial charge on any atom is 0.152 e. The molecule has 2 aromatic heterocycles. The Hall–Kier alpha value is -1.98. The third kappa shape index (κ3) is 3.46. The molecule has 6 heteroatoms. The van der Waals surface area contributed by atoms with Gasteiger partial charge in [-0.25, -0.2) is 0 Å². The molecule has 1 aliphatic heterocycles. The van der Waals surface area contributed by atoms with E-state index in [1.165, 1.54) is 16.7 Å². The molecule has 134 valence electrons. The smallest absolute Gasteiger partial charge is 0.152 e. The number of aryl methyl sites for hydroxylation is 1. The van der Waals surface area contributed by atoms with Gasteiger partial charge in [-0.2, -0.15) is 16.9 Å². The average Bonchev–Trinajstić information content (AvgIpc) is 3.00. The lowest BCUT2D eigenvalue weighted by atomic mass is 9.97. The summed E-state index contributed by atoms with van der Waals surface area (Å²) in [7, 11) is 0. The third-order valence-corrected chi connectivity index (χ3v) is 6.19. The predicted molar refractivity (Wildman–Crippen MR) is 110 cm³/mol. The van der Waals surface area contributed by atoms with E-state index < -0.39 is 0 Å². The van der Waals surface area contributed by atoms with Crippen molar-refractivity contribution in [3.8, 4) is 11.4 Å². The maximum atomic E-state index is 6.19. The molecule has 0 aliphatic carbocycles. The van der Waals surface area contributed by atoms with Crippen molar-refractivity contribution in [2.24, 2.45) is 0 Å². The maximum absolute atomic E-state index is 6.19. The number of aromatic nitrogens is 3. The highest BCUT2D eigenvalue weighted by Crippen LogP contribution is 2.43. The summed E-state index contributed by atoms with van der Waals surface area (Å²) in [5.74, 6) is 2.00. The number of benzene rings is 1. The van der Waals surface area contributed by atoms with Crippen molar-refractivity contribution in [1.29, 1.82) is 0 Å². The van der Waals surface area contributed by atoms with Crippen LogP contribution in [0.25, 0.3) is 11.4 Å². The van der Waals surface area contributed by atoms with Gasteiger partial charge in [0.2, 0.25) is 0 Å². The van der Waals surface area contributed by atoms with Crippen LogP contribution >= 0.6 is 23.4 Å². The summed E-state index contributed by atoms with van der Waals surface area (Å²) in [4.78, 5) is 4.52. The minimum absolute atomic E-state index is 0.322. The van der Waals surface area contributed by atoms with Crippen LogP contribution in [-0.4, -0.2) is 27.5 Å². The Balaban J connectivity index is 1.74. The van der Waals surface area contributed by atoms with Gasteiger partial charge in [-0.1, -0.05) is 30.7 Å². The molecule has 1 atom stereocenters. The number of H-pyrrole nitrogens is 1. The lowest BCUT2D eigenvalue weighted by Gasteiger charge is -2.18. The van der Waals surface area contributed by atoms with Crippen molar-refractivity contribution in [3.05, 3.63) is 64.3 Å². The fourth-order valence-corrected chi connectivity index (χ4v) is 4.83. The number of fused-ring (bicyclic) bond motifs is 1. The van der Waals surface area contributed by atoms with Gasteiger partial charge in [-0.15, -0.1) is 0 Å². The third-order valence-electron chi connectivity index (χ3n) is 4.72. The summed E-state index contributed by atoms with van der Waals surface area (Å²) in [6.45, 7) is 3.10. The second kappa shape index (κ2) is 7.72. The van der Waals surface area contributed by atoms with E-state index in [9.17, 15) is 0 Å². The van der Waals surface area contributed by atoms with Crippen molar-refractivity contribution >= 4 is 29.2 Å². The van der Waals surface area contributed by atoms with Crippen LogP contribution in [0.3, 0.4) is 0 Å². The molecule has 4 rings (SSSR count). The monoisotopic (exact) mass is 384 g/mol. The first-order valence-electron chi connectivity index (χ1n) is 8.88. The van der Waals surface area contributed by atoms with Gasteiger partial charge in [0.05, 0.1) is 11.4 Å². The van der Waals surface area contributed by atoms with E-state index in [2.05, 4.69) is 39.6 Å². The molecule has 2 N–H and O–H groups in total. The number of hydrogen-bond acceptors (Lipinski definition) is 4. The van der Waals surface area contributed by atoms with Gasteiger partial charge in [-0.05, 0) is 48.2 Å². The second-order valence-electron chi connectivity index (χ2n) is 6.33. The molecular weight excluding hydrogens is 364 g/mol. The lowest BCUT2D eigenvalue weighted by molar-refractivity contribution is 0.914. The number of nitrogens with one attached hydrogen (secondary N) is 2. The summed E-state index contributed by atoms with van der Waals surface area (Å²) in [5.41, 5.74) is 5.85. The Bertz CT molecular complexity index is 894. The molecule has 26 heavy (non-hydrogen) atoms. The Morgan fingerprint density at radius 2 is 2.15 bits per heavy atom. The fraction of sp³-hybridized carbons (Fsp3) is 0.300. The van der Waals surface area contributed by atoms with Crippen molar-refractivity contribution in [1.82, 2.24) is 15.2 Å². The average molecular weight is 385 g/mol. The molecule has 3 aromatic rings. The second-order valence-corrected chi connectivity index (χ2v) is 8.08. The molecule has 3 heterocycles. The van der Waals surface area contributed by atoms with Crippen molar-refractivity contribution in [2.45, 2.75) is 25.0 Å². The molecule has 1 aromatic carbocycles. The van der Waals surface area contributed by atoms with Crippen LogP contribution in [0, 0.1) is 0 Å². The molecule has 0 bridgehead atoms. The van der Waals surface area contributed by atoms with Crippen LogP contribution in [0.2, 0.25) is 5.02 Å². The minimum atomic E-state index is 0.322. The van der Waals surface area contributed by atoms with Gasteiger partial charge in [0.25, 0.3) is 0 Å². The number of halogens is 1. The van der Waals surface area contributed by atoms with Crippen LogP contribution in [-0.2, 0) is 12.8 Å². The topological polar surface area (TPSA) is 53.6 Å². The number of rotatable bonds is 4. The highest BCUT2D eigenvalue weighted by Gasteiger charge is 2.27. The van der Waals surface area contributed by atoms with E-state index in [0.717, 1.165) is 47.4 Å². The lowest BCUT2D eigenvalue weighted by Crippen LogP contribution is -2.03. The molecule has 0 saturated heterocycles. The van der Waals surface area contributed by atoms with Crippen LogP contribution in [0.5, 0.6) is 0 Å². The predicted octanol–water partition coefficient (Wildman–Crippen LogP) is 5.13. The molecule has 0 spiro atoms. The molecule has 0 fully saturated rings. The van der Waals surface area contributed by atoms with Gasteiger partial charge in [-0.3, -0.25) is 10.1 Å². The van der Waals surface area contributed by atoms with Crippen molar-refractivity contribution < 1.29 is 0 Å². The summed E-state index contributed by atoms with van der Waals surface area (Å²) in [6.07, 6.45) is 3.76. The van der Waals surface area contributed by atoms with E-state index in [-0.39, 0.29) is 0 Å². The van der Waals surface area contributed by atoms with Gasteiger partial charge < -0.3 is 5.32 Å². The normalized spacial score (nSPS) is 16.6. The van der Waals surface area contributed by atoms with Crippen LogP contribution in [0.15, 0.2) is 42.6 Å². The first-order valence-corrected chi connectivity index (χ1v) is 10.3. The largest absolute Gasteiger partial charge is 0.367 e. The summed E-state index contributed by atoms with van der Waals surface area (Å²) in [6, 6.07) is 12.2. The number of anilines is 1. The first kappa shape index (κ1) is 17.4. The van der Waals surface area contributed by atoms with Crippen LogP contribution in [0.1, 0.15) is 28.9 Å². The number of pyridine rings is 1. The Morgan fingerprint density at radius 1 is 1.23 bits per heavy atom. The molecule has 0 radical (unpaired) electrons. The zero-order chi connectivity index (χ0) is 17.9. The van der Waals surface area contributed by atoms with Gasteiger partial charge >= 0.3 is 0 Å². The summed E-state index contributed by atoms with van der Waals surface area (Å²) >= 11 is 8.17. The quantitative estimate of drug-likeness (QED) is 0.654. The van der Waals surface area contributed by atoms with Crippen LogP contribution < -0.4 is 5.32 Å². The molecule has 4 nitrogen and oxygen atoms in total. The highest BCUT2D eigenvalue weighted by atomic mass is 35.5. The zero-order valence-corrected chi connectivity index (χ0v) is 16.2. The molecule has 1 aliphatic rings. The van der Waals surface area contributed by atoms with E-state index in [1.807, 2.05) is 42.2 Å². The molecule has 1 unspecified atom stereocenters. The van der Waals surface area contributed by atoms with E-state index in [0.29, 0.717) is 5.25 Å². The number of nitrogens with zero attached hydrogens (tertiary/aromatic N) is 2. The Kier molecular flexibility index (Phi) is 5.18. The fourth-order valence-electron chi connectivity index (χ4n) is 3.44. The highest BCUT2D eigenvalue weighted by molar-refractivity contribution is 7.99. The SMILES string of the molecule is CCc1cc(Cl)ccc1CC1SCCNc2n[nH]c(-c3ccccn3)c21. The van der Waals surface area contributed by atoms with Gasteiger partial charge in [0.1, 0.15) is 0 Å². The van der Waals surface area contributed by atoms with Crippen molar-refractivity contribution in [2.75, 3.05) is 17.6 Å². The van der Waals surface area contributed by atoms with E-state index in [4.69, 9.17) is 11.6 Å². The number of hydrogen-bond donors (Lipinski definition) is 2. The zero-order valence-electron chi connectivity index (χ0n) is 14.6. The van der Waals surface area contributed by atoms with Gasteiger partial charge in [0, 0.05) is 34.3 Å². The van der Waals surface area contributed by atoms with Crippen molar-refractivity contribution in [3.63, 3.8) is 0 Å². The Morgan fingerprint density at radius 3 is 2.96 bits per heavy atom. The van der Waals surface area contributed by atoms with E-state index in [1.54, 1.807) is 0 Å². The van der Waals surface area contributed by atoms with E-state index >= 15 is 0 Å².